The lowest BCUT2D eigenvalue weighted by atomic mass is 9.85. The number of piperidine rings is 1. The number of carbonyl (C=O) groups is 1. The largest absolute Gasteiger partial charge is 0.379 e. The molecule has 7 heteroatoms. The fourth-order valence-corrected chi connectivity index (χ4v) is 4.40. The first-order valence-corrected chi connectivity index (χ1v) is 10.5. The first-order valence-electron chi connectivity index (χ1n) is 10.5. The Morgan fingerprint density at radius 3 is 2.41 bits per heavy atom. The maximum absolute atomic E-state index is 13.0. The molecule has 0 saturated carbocycles. The molecule has 2 fully saturated rings. The molecule has 29 heavy (non-hydrogen) atoms. The molecule has 2 aromatic rings. The molecule has 1 amide bonds. The van der Waals surface area contributed by atoms with Gasteiger partial charge in [-0.2, -0.15) is 0 Å². The minimum absolute atomic E-state index is 0.0102. The second-order valence-corrected chi connectivity index (χ2v) is 8.41. The molecule has 1 N–H and O–H groups in total. The summed E-state index contributed by atoms with van der Waals surface area (Å²) in [5.41, 5.74) is 4.06. The Morgan fingerprint density at radius 1 is 1.07 bits per heavy atom. The maximum Gasteiger partial charge on any atom is 0.251 e. The highest BCUT2D eigenvalue weighted by atomic mass is 16.5. The highest BCUT2D eigenvalue weighted by molar-refractivity contribution is 5.97. The van der Waals surface area contributed by atoms with Gasteiger partial charge in [0.25, 0.3) is 5.91 Å². The molecular formula is C22H31N5O2. The van der Waals surface area contributed by atoms with Crippen molar-refractivity contribution in [3.05, 3.63) is 35.2 Å². The summed E-state index contributed by atoms with van der Waals surface area (Å²) in [6.45, 7) is 10.1. The van der Waals surface area contributed by atoms with E-state index in [4.69, 9.17) is 4.74 Å². The van der Waals surface area contributed by atoms with Gasteiger partial charge in [0.15, 0.2) is 0 Å². The van der Waals surface area contributed by atoms with Crippen molar-refractivity contribution in [2.75, 3.05) is 53.0 Å². The molecule has 1 aromatic carbocycles. The van der Waals surface area contributed by atoms with E-state index in [0.717, 1.165) is 74.7 Å². The molecule has 0 spiro atoms. The lowest BCUT2D eigenvalue weighted by molar-refractivity contribution is -0.0439. The molecular weight excluding hydrogens is 366 g/mol. The number of fused-ring (bicyclic) bond motifs is 1. The zero-order valence-electron chi connectivity index (χ0n) is 17.7. The molecule has 156 valence electrons. The Bertz CT molecular complexity index is 886. The first kappa shape index (κ1) is 20.2. The van der Waals surface area contributed by atoms with Crippen molar-refractivity contribution in [3.8, 4) is 0 Å². The standard InChI is InChI=1S/C22H31N5O2/c1-16-17(2)25-20-14-18(4-5-19(20)24-16)21(28)23-15-22(6-8-26(3)9-7-22)27-10-12-29-13-11-27/h4-5,14H,6-13,15H2,1-3H3,(H,23,28). The summed E-state index contributed by atoms with van der Waals surface area (Å²) in [6.07, 6.45) is 2.12. The van der Waals surface area contributed by atoms with Crippen LogP contribution < -0.4 is 5.32 Å². The van der Waals surface area contributed by atoms with Crippen LogP contribution in [-0.4, -0.2) is 84.2 Å². The third-order valence-electron chi connectivity index (χ3n) is 6.52. The van der Waals surface area contributed by atoms with Crippen molar-refractivity contribution in [2.45, 2.75) is 32.2 Å². The smallest absolute Gasteiger partial charge is 0.251 e. The van der Waals surface area contributed by atoms with E-state index in [1.165, 1.54) is 0 Å². The van der Waals surface area contributed by atoms with Gasteiger partial charge in [-0.25, -0.2) is 9.97 Å². The summed E-state index contributed by atoms with van der Waals surface area (Å²) < 4.78 is 5.56. The molecule has 1 aromatic heterocycles. The van der Waals surface area contributed by atoms with E-state index < -0.39 is 0 Å². The van der Waals surface area contributed by atoms with Crippen molar-refractivity contribution >= 4 is 16.9 Å². The van der Waals surface area contributed by atoms with E-state index in [0.29, 0.717) is 12.1 Å². The van der Waals surface area contributed by atoms with E-state index in [1.807, 2.05) is 32.0 Å². The average molecular weight is 398 g/mol. The number of morpholine rings is 1. The van der Waals surface area contributed by atoms with Crippen LogP contribution in [0.5, 0.6) is 0 Å². The minimum Gasteiger partial charge on any atom is -0.379 e. The van der Waals surface area contributed by atoms with Gasteiger partial charge in [0.2, 0.25) is 0 Å². The van der Waals surface area contributed by atoms with Crippen molar-refractivity contribution in [3.63, 3.8) is 0 Å². The quantitative estimate of drug-likeness (QED) is 0.848. The van der Waals surface area contributed by atoms with Crippen LogP contribution in [0.3, 0.4) is 0 Å². The van der Waals surface area contributed by atoms with Crippen LogP contribution in [0.2, 0.25) is 0 Å². The van der Waals surface area contributed by atoms with Crippen LogP contribution >= 0.6 is 0 Å². The Labute approximate surface area is 172 Å². The topological polar surface area (TPSA) is 70.6 Å². The van der Waals surface area contributed by atoms with Crippen LogP contribution in [0.25, 0.3) is 11.0 Å². The number of ether oxygens (including phenoxy) is 1. The zero-order valence-corrected chi connectivity index (χ0v) is 17.7. The number of aryl methyl sites for hydroxylation is 2. The monoisotopic (exact) mass is 397 g/mol. The van der Waals surface area contributed by atoms with Gasteiger partial charge in [-0.3, -0.25) is 9.69 Å². The number of aromatic nitrogens is 2. The highest BCUT2D eigenvalue weighted by Crippen LogP contribution is 2.29. The molecule has 0 unspecified atom stereocenters. The molecule has 0 radical (unpaired) electrons. The van der Waals surface area contributed by atoms with Gasteiger partial charge in [-0.1, -0.05) is 0 Å². The summed E-state index contributed by atoms with van der Waals surface area (Å²) >= 11 is 0. The number of carbonyl (C=O) groups excluding carboxylic acids is 1. The third kappa shape index (κ3) is 4.27. The fraction of sp³-hybridized carbons (Fsp3) is 0.591. The maximum atomic E-state index is 13.0. The van der Waals surface area contributed by atoms with E-state index in [9.17, 15) is 4.79 Å². The third-order valence-corrected chi connectivity index (χ3v) is 6.52. The molecule has 0 atom stereocenters. The van der Waals surface area contributed by atoms with Crippen molar-refractivity contribution in [1.29, 1.82) is 0 Å². The van der Waals surface area contributed by atoms with Crippen molar-refractivity contribution in [1.82, 2.24) is 25.1 Å². The van der Waals surface area contributed by atoms with Gasteiger partial charge in [-0.05, 0) is 65.0 Å². The Kier molecular flexibility index (Phi) is 5.81. The van der Waals surface area contributed by atoms with Crippen LogP contribution in [0.4, 0.5) is 0 Å². The van der Waals surface area contributed by atoms with E-state index in [-0.39, 0.29) is 11.4 Å². The van der Waals surface area contributed by atoms with E-state index >= 15 is 0 Å². The summed E-state index contributed by atoms with van der Waals surface area (Å²) in [5.74, 6) is -0.0431. The van der Waals surface area contributed by atoms with E-state index in [2.05, 4.69) is 32.1 Å². The fourth-order valence-electron chi connectivity index (χ4n) is 4.40. The normalized spacial score (nSPS) is 20.7. The lowest BCUT2D eigenvalue weighted by Gasteiger charge is -2.49. The van der Waals surface area contributed by atoms with Gasteiger partial charge in [0.05, 0.1) is 35.6 Å². The summed E-state index contributed by atoms with van der Waals surface area (Å²) in [5, 5.41) is 3.22. The zero-order chi connectivity index (χ0) is 20.4. The second-order valence-electron chi connectivity index (χ2n) is 8.41. The van der Waals surface area contributed by atoms with Crippen LogP contribution in [0.1, 0.15) is 34.6 Å². The summed E-state index contributed by atoms with van der Waals surface area (Å²) in [6, 6.07) is 5.58. The van der Waals surface area contributed by atoms with E-state index in [1.54, 1.807) is 0 Å². The molecule has 3 heterocycles. The number of rotatable bonds is 4. The number of hydrogen-bond acceptors (Lipinski definition) is 6. The number of likely N-dealkylation sites (tertiary alicyclic amines) is 1. The molecule has 2 aliphatic heterocycles. The van der Waals surface area contributed by atoms with Gasteiger partial charge in [-0.15, -0.1) is 0 Å². The molecule has 0 aliphatic carbocycles. The molecule has 4 rings (SSSR count). The number of benzene rings is 1. The van der Waals surface area contributed by atoms with Crippen LogP contribution in [-0.2, 0) is 4.74 Å². The number of nitrogens with zero attached hydrogens (tertiary/aromatic N) is 4. The first-order chi connectivity index (χ1) is 14.0. The SMILES string of the molecule is Cc1nc2ccc(C(=O)NCC3(N4CCOCC4)CCN(C)CC3)cc2nc1C. The Balaban J connectivity index is 1.50. The summed E-state index contributed by atoms with van der Waals surface area (Å²) in [7, 11) is 2.17. The predicted molar refractivity (Wildman–Crippen MR) is 113 cm³/mol. The molecule has 0 bridgehead atoms. The minimum atomic E-state index is -0.0431. The molecule has 2 saturated heterocycles. The highest BCUT2D eigenvalue weighted by Gasteiger charge is 2.40. The molecule has 2 aliphatic rings. The molecule has 7 nitrogen and oxygen atoms in total. The van der Waals surface area contributed by atoms with Crippen molar-refractivity contribution < 1.29 is 9.53 Å². The number of amides is 1. The van der Waals surface area contributed by atoms with Gasteiger partial charge in [0.1, 0.15) is 0 Å². The Morgan fingerprint density at radius 2 is 1.72 bits per heavy atom. The second kappa shape index (κ2) is 8.34. The van der Waals surface area contributed by atoms with Crippen LogP contribution in [0, 0.1) is 13.8 Å². The van der Waals surface area contributed by atoms with Gasteiger partial charge in [0, 0.05) is 30.7 Å². The lowest BCUT2D eigenvalue weighted by Crippen LogP contribution is -2.62. The number of hydrogen-bond donors (Lipinski definition) is 1. The Hall–Kier alpha value is -2.09. The summed E-state index contributed by atoms with van der Waals surface area (Å²) in [4.78, 5) is 27.0. The van der Waals surface area contributed by atoms with Gasteiger partial charge >= 0.3 is 0 Å². The van der Waals surface area contributed by atoms with Crippen molar-refractivity contribution in [2.24, 2.45) is 0 Å². The predicted octanol–water partition coefficient (Wildman–Crippen LogP) is 1.77. The van der Waals surface area contributed by atoms with Crippen LogP contribution in [0.15, 0.2) is 18.2 Å². The number of nitrogens with one attached hydrogen (secondary N) is 1. The average Bonchev–Trinajstić information content (AvgIpc) is 2.74. The van der Waals surface area contributed by atoms with Gasteiger partial charge < -0.3 is 15.0 Å².